The molecule has 0 saturated carbocycles. The van der Waals surface area contributed by atoms with Gasteiger partial charge in [0.1, 0.15) is 23.9 Å². The van der Waals surface area contributed by atoms with E-state index in [0.717, 1.165) is 0 Å². The van der Waals surface area contributed by atoms with Crippen LogP contribution in [0.5, 0.6) is 0 Å². The fourth-order valence-corrected chi connectivity index (χ4v) is 2.03. The first-order chi connectivity index (χ1) is 10.1. The van der Waals surface area contributed by atoms with Crippen LogP contribution in [0.25, 0.3) is 0 Å². The number of nitrogens with one attached hydrogen (secondary N) is 1. The van der Waals surface area contributed by atoms with E-state index in [9.17, 15) is 4.79 Å². The van der Waals surface area contributed by atoms with Gasteiger partial charge in [-0.25, -0.2) is 4.79 Å². The Balaban J connectivity index is 3.11. The van der Waals surface area contributed by atoms with Crippen molar-refractivity contribution < 1.29 is 9.53 Å². The highest BCUT2D eigenvalue weighted by Crippen LogP contribution is 2.22. The summed E-state index contributed by atoms with van der Waals surface area (Å²) >= 11 is 1.98. The van der Waals surface area contributed by atoms with Gasteiger partial charge in [0.15, 0.2) is 5.57 Å². The molecule has 0 fully saturated rings. The number of anilines is 1. The Labute approximate surface area is 135 Å². The summed E-state index contributed by atoms with van der Waals surface area (Å²) in [5, 5.41) is 29.2. The second-order valence-electron chi connectivity index (χ2n) is 3.63. The van der Waals surface area contributed by atoms with Gasteiger partial charge in [0.2, 0.25) is 0 Å². The van der Waals surface area contributed by atoms with Crippen LogP contribution < -0.4 is 5.32 Å². The lowest BCUT2D eigenvalue weighted by Crippen LogP contribution is -2.07. The summed E-state index contributed by atoms with van der Waals surface area (Å²) in [6.07, 6.45) is 0. The molecule has 0 radical (unpaired) electrons. The molecule has 0 amide bonds. The van der Waals surface area contributed by atoms with Gasteiger partial charge in [0, 0.05) is 3.57 Å². The molecule has 104 valence electrons. The van der Waals surface area contributed by atoms with E-state index < -0.39 is 5.97 Å². The molecule has 0 aliphatic carbocycles. The van der Waals surface area contributed by atoms with Crippen molar-refractivity contribution in [1.29, 1.82) is 15.8 Å². The monoisotopic (exact) mass is 392 g/mol. The van der Waals surface area contributed by atoms with E-state index >= 15 is 0 Å². The average Bonchev–Trinajstić information content (AvgIpc) is 2.49. The molecule has 0 saturated heterocycles. The fraction of sp³-hybridized carbons (Fsp3) is 0.143. The van der Waals surface area contributed by atoms with E-state index in [1.54, 1.807) is 37.3 Å². The van der Waals surface area contributed by atoms with Crippen molar-refractivity contribution >= 4 is 34.2 Å². The van der Waals surface area contributed by atoms with Crippen molar-refractivity contribution in [3.63, 3.8) is 0 Å². The van der Waals surface area contributed by atoms with Crippen LogP contribution in [0.4, 0.5) is 5.69 Å². The zero-order valence-corrected chi connectivity index (χ0v) is 13.1. The molecule has 0 aliphatic rings. The van der Waals surface area contributed by atoms with E-state index in [1.165, 1.54) is 6.07 Å². The molecule has 1 N–H and O–H groups in total. The number of esters is 1. The standard InChI is InChI=1S/C14H9IN4O2/c1-2-21-14(20)9-3-4-12(11(15)5-9)19-13(8-18)10(6-16)7-17/h3-5,19H,2H2,1H3. The summed E-state index contributed by atoms with van der Waals surface area (Å²) in [6, 6.07) is 9.77. The molecule has 0 aromatic heterocycles. The summed E-state index contributed by atoms with van der Waals surface area (Å²) in [6.45, 7) is 2.00. The molecule has 0 heterocycles. The Morgan fingerprint density at radius 3 is 2.43 bits per heavy atom. The van der Waals surface area contributed by atoms with E-state index in [1.807, 2.05) is 22.6 Å². The molecular weight excluding hydrogens is 383 g/mol. The molecule has 0 spiro atoms. The highest BCUT2D eigenvalue weighted by atomic mass is 127. The zero-order valence-electron chi connectivity index (χ0n) is 11.0. The van der Waals surface area contributed by atoms with Crippen LogP contribution in [0.1, 0.15) is 17.3 Å². The Hall–Kier alpha value is -2.57. The summed E-state index contributed by atoms with van der Waals surface area (Å²) in [4.78, 5) is 11.6. The Bertz CT molecular complexity index is 704. The zero-order chi connectivity index (χ0) is 15.8. The number of hydrogen-bond acceptors (Lipinski definition) is 6. The van der Waals surface area contributed by atoms with Crippen LogP contribution in [-0.2, 0) is 4.74 Å². The summed E-state index contributed by atoms with van der Waals surface area (Å²) < 4.78 is 5.54. The van der Waals surface area contributed by atoms with Crippen LogP contribution in [0.15, 0.2) is 29.5 Å². The topological polar surface area (TPSA) is 110 Å². The second-order valence-corrected chi connectivity index (χ2v) is 4.79. The summed E-state index contributed by atoms with van der Waals surface area (Å²) in [7, 11) is 0. The molecule has 0 bridgehead atoms. The molecule has 21 heavy (non-hydrogen) atoms. The summed E-state index contributed by atoms with van der Waals surface area (Å²) in [5.41, 5.74) is 0.461. The van der Waals surface area contributed by atoms with Gasteiger partial charge in [-0.1, -0.05) is 0 Å². The third-order valence-electron chi connectivity index (χ3n) is 2.33. The van der Waals surface area contributed by atoms with Gasteiger partial charge in [-0.3, -0.25) is 0 Å². The lowest BCUT2D eigenvalue weighted by Gasteiger charge is -2.09. The lowest BCUT2D eigenvalue weighted by molar-refractivity contribution is 0.0526. The Morgan fingerprint density at radius 1 is 1.29 bits per heavy atom. The van der Waals surface area contributed by atoms with Gasteiger partial charge in [-0.2, -0.15) is 15.8 Å². The first-order valence-corrected chi connectivity index (χ1v) is 6.83. The van der Waals surface area contributed by atoms with Gasteiger partial charge in [-0.05, 0) is 47.7 Å². The maximum atomic E-state index is 11.6. The van der Waals surface area contributed by atoms with Crippen LogP contribution in [0.2, 0.25) is 0 Å². The largest absolute Gasteiger partial charge is 0.462 e. The number of hydrogen-bond donors (Lipinski definition) is 1. The number of carbonyl (C=O) groups excluding carboxylic acids is 1. The number of allylic oxidation sites excluding steroid dienone is 2. The number of benzene rings is 1. The molecule has 1 rings (SSSR count). The highest BCUT2D eigenvalue weighted by Gasteiger charge is 2.12. The molecule has 1 aromatic carbocycles. The van der Waals surface area contributed by atoms with Crippen LogP contribution in [-0.4, -0.2) is 12.6 Å². The number of ether oxygens (including phenoxy) is 1. The molecule has 0 aliphatic heterocycles. The van der Waals surface area contributed by atoms with Crippen molar-refractivity contribution in [2.75, 3.05) is 11.9 Å². The minimum atomic E-state index is -0.437. The van der Waals surface area contributed by atoms with E-state index in [-0.39, 0.29) is 17.9 Å². The molecule has 0 unspecified atom stereocenters. The molecule has 7 heteroatoms. The van der Waals surface area contributed by atoms with Crippen molar-refractivity contribution in [2.24, 2.45) is 0 Å². The number of nitrogens with zero attached hydrogens (tertiary/aromatic N) is 3. The van der Waals surface area contributed by atoms with Gasteiger partial charge in [0.25, 0.3) is 0 Å². The van der Waals surface area contributed by atoms with E-state index in [4.69, 9.17) is 20.5 Å². The van der Waals surface area contributed by atoms with Crippen molar-refractivity contribution in [3.05, 3.63) is 38.6 Å². The third kappa shape index (κ3) is 4.20. The SMILES string of the molecule is CCOC(=O)c1ccc(NC(C#N)=C(C#N)C#N)c(I)c1. The van der Waals surface area contributed by atoms with Gasteiger partial charge >= 0.3 is 5.97 Å². The second kappa shape index (κ2) is 7.88. The van der Waals surface area contributed by atoms with E-state index in [0.29, 0.717) is 14.8 Å². The van der Waals surface area contributed by atoms with Gasteiger partial charge < -0.3 is 10.1 Å². The average molecular weight is 392 g/mol. The third-order valence-corrected chi connectivity index (χ3v) is 3.22. The number of rotatable bonds is 4. The van der Waals surface area contributed by atoms with Crippen molar-refractivity contribution in [1.82, 2.24) is 0 Å². The highest BCUT2D eigenvalue weighted by molar-refractivity contribution is 14.1. The molecular formula is C14H9IN4O2. The quantitative estimate of drug-likeness (QED) is 0.479. The first kappa shape index (κ1) is 16.5. The molecule has 1 aromatic rings. The summed E-state index contributed by atoms with van der Waals surface area (Å²) in [5.74, 6) is -0.437. The van der Waals surface area contributed by atoms with Crippen LogP contribution in [0.3, 0.4) is 0 Å². The number of nitriles is 3. The van der Waals surface area contributed by atoms with Crippen LogP contribution in [0, 0.1) is 37.6 Å². The van der Waals surface area contributed by atoms with Crippen molar-refractivity contribution in [2.45, 2.75) is 6.92 Å². The lowest BCUT2D eigenvalue weighted by atomic mass is 10.2. The predicted molar refractivity (Wildman–Crippen MR) is 82.6 cm³/mol. The van der Waals surface area contributed by atoms with Crippen molar-refractivity contribution in [3.8, 4) is 18.2 Å². The number of carbonyl (C=O) groups is 1. The van der Waals surface area contributed by atoms with E-state index in [2.05, 4.69) is 5.32 Å². The maximum Gasteiger partial charge on any atom is 0.338 e. The normalized spacial score (nSPS) is 8.71. The molecule has 0 atom stereocenters. The Morgan fingerprint density at radius 2 is 1.95 bits per heavy atom. The molecule has 6 nitrogen and oxygen atoms in total. The van der Waals surface area contributed by atoms with Crippen LogP contribution >= 0.6 is 22.6 Å². The van der Waals surface area contributed by atoms with Gasteiger partial charge in [-0.15, -0.1) is 0 Å². The first-order valence-electron chi connectivity index (χ1n) is 5.75. The smallest absolute Gasteiger partial charge is 0.338 e. The number of halogens is 1. The fourth-order valence-electron chi connectivity index (χ4n) is 1.38. The minimum absolute atomic E-state index is 0.137. The predicted octanol–water partition coefficient (Wildman–Crippen LogP) is 2.70. The Kier molecular flexibility index (Phi) is 6.19. The van der Waals surface area contributed by atoms with Gasteiger partial charge in [0.05, 0.1) is 17.9 Å². The minimum Gasteiger partial charge on any atom is -0.462 e. The maximum absolute atomic E-state index is 11.6.